The normalized spacial score (nSPS) is 22.9. The molecule has 1 N–H and O–H groups in total. The van der Waals surface area contributed by atoms with Crippen LogP contribution in [0.15, 0.2) is 18.2 Å². The number of amides is 1. The maximum atomic E-state index is 12.9. The van der Waals surface area contributed by atoms with Gasteiger partial charge in [0.05, 0.1) is 11.7 Å². The van der Waals surface area contributed by atoms with E-state index in [9.17, 15) is 13.2 Å². The third kappa shape index (κ3) is 5.60. The van der Waals surface area contributed by atoms with Crippen molar-refractivity contribution in [1.82, 2.24) is 14.5 Å². The van der Waals surface area contributed by atoms with Crippen molar-refractivity contribution in [2.45, 2.75) is 37.5 Å². The molecule has 0 spiro atoms. The molecule has 1 aromatic carbocycles. The second kappa shape index (κ2) is 9.30. The van der Waals surface area contributed by atoms with Crippen molar-refractivity contribution < 1.29 is 13.2 Å². The van der Waals surface area contributed by atoms with Crippen LogP contribution in [0.1, 0.15) is 31.2 Å². The number of carbonyl (C=O) groups excluding carboxylic acids is 1. The van der Waals surface area contributed by atoms with Crippen LogP contribution in [-0.4, -0.2) is 62.8 Å². The quantitative estimate of drug-likeness (QED) is 0.752. The van der Waals surface area contributed by atoms with Crippen LogP contribution >= 0.6 is 23.2 Å². The van der Waals surface area contributed by atoms with Gasteiger partial charge in [0.15, 0.2) is 0 Å². The molecule has 0 aromatic heterocycles. The monoisotopic (exact) mass is 447 g/mol. The van der Waals surface area contributed by atoms with Crippen molar-refractivity contribution in [2.24, 2.45) is 5.92 Å². The summed E-state index contributed by atoms with van der Waals surface area (Å²) in [5.41, 5.74) is 0.518. The Labute approximate surface area is 177 Å². The minimum atomic E-state index is -3.56. The Bertz CT molecular complexity index is 811. The first-order valence-electron chi connectivity index (χ1n) is 9.65. The van der Waals surface area contributed by atoms with Gasteiger partial charge in [0.25, 0.3) is 0 Å². The number of carbonyl (C=O) groups is 1. The van der Waals surface area contributed by atoms with E-state index in [-0.39, 0.29) is 30.2 Å². The molecule has 2 heterocycles. The van der Waals surface area contributed by atoms with Gasteiger partial charge in [-0.15, -0.1) is 0 Å². The standard InChI is InChI=1S/C19H27Cl2N3O3S/c1-23-9-6-17(7-10-23)22-19(25)14-3-2-8-24(12-14)28(26,27)13-15-4-5-16(20)11-18(15)21/h4-5,11,14,17H,2-3,6-10,12-13H2,1H3,(H,22,25)/t14-/m0/s1. The Morgan fingerprint density at radius 2 is 1.89 bits per heavy atom. The highest BCUT2D eigenvalue weighted by atomic mass is 35.5. The van der Waals surface area contributed by atoms with E-state index in [1.165, 1.54) is 4.31 Å². The fraction of sp³-hybridized carbons (Fsp3) is 0.632. The predicted molar refractivity (Wildman–Crippen MR) is 112 cm³/mol. The lowest BCUT2D eigenvalue weighted by Crippen LogP contribution is -2.49. The Balaban J connectivity index is 1.60. The molecule has 2 fully saturated rings. The van der Waals surface area contributed by atoms with Gasteiger partial charge in [0, 0.05) is 29.2 Å². The molecule has 0 unspecified atom stereocenters. The van der Waals surface area contributed by atoms with Gasteiger partial charge in [-0.1, -0.05) is 29.3 Å². The predicted octanol–water partition coefficient (Wildman–Crippen LogP) is 2.75. The summed E-state index contributed by atoms with van der Waals surface area (Å²) in [7, 11) is -1.48. The number of rotatable bonds is 5. The Morgan fingerprint density at radius 1 is 1.18 bits per heavy atom. The summed E-state index contributed by atoms with van der Waals surface area (Å²) in [4.78, 5) is 14.9. The van der Waals surface area contributed by atoms with E-state index in [1.807, 2.05) is 0 Å². The summed E-state index contributed by atoms with van der Waals surface area (Å²) in [6.45, 7) is 2.60. The summed E-state index contributed by atoms with van der Waals surface area (Å²) in [5, 5.41) is 3.93. The molecule has 1 aromatic rings. The molecule has 0 saturated carbocycles. The van der Waals surface area contributed by atoms with Crippen LogP contribution in [0.5, 0.6) is 0 Å². The molecule has 28 heavy (non-hydrogen) atoms. The molecule has 2 aliphatic rings. The molecule has 1 atom stereocenters. The molecule has 0 radical (unpaired) electrons. The van der Waals surface area contributed by atoms with E-state index in [1.54, 1.807) is 18.2 Å². The second-order valence-electron chi connectivity index (χ2n) is 7.78. The molecule has 3 rings (SSSR count). The van der Waals surface area contributed by atoms with Gasteiger partial charge in [-0.3, -0.25) is 4.79 Å². The minimum Gasteiger partial charge on any atom is -0.353 e. The SMILES string of the molecule is CN1CCC(NC(=O)[C@H]2CCCN(S(=O)(=O)Cc3ccc(Cl)cc3Cl)C2)CC1. The molecule has 2 saturated heterocycles. The first kappa shape index (κ1) is 21.8. The Hall–Kier alpha value is -0.860. The highest BCUT2D eigenvalue weighted by Crippen LogP contribution is 2.26. The van der Waals surface area contributed by atoms with Crippen molar-refractivity contribution in [1.29, 1.82) is 0 Å². The van der Waals surface area contributed by atoms with Gasteiger partial charge >= 0.3 is 0 Å². The fourth-order valence-corrected chi connectivity index (χ4v) is 6.00. The third-order valence-electron chi connectivity index (χ3n) is 5.57. The molecule has 1 amide bonds. The van der Waals surface area contributed by atoms with E-state index in [0.29, 0.717) is 35.0 Å². The molecule has 0 bridgehead atoms. The number of nitrogens with one attached hydrogen (secondary N) is 1. The number of halogens is 2. The van der Waals surface area contributed by atoms with Crippen LogP contribution in [0.25, 0.3) is 0 Å². The van der Waals surface area contributed by atoms with E-state index in [4.69, 9.17) is 23.2 Å². The first-order chi connectivity index (χ1) is 13.2. The molecule has 2 aliphatic heterocycles. The summed E-state index contributed by atoms with van der Waals surface area (Å²) < 4.78 is 27.2. The summed E-state index contributed by atoms with van der Waals surface area (Å²) in [5.74, 6) is -0.519. The fourth-order valence-electron chi connectivity index (χ4n) is 3.81. The number of hydrogen-bond donors (Lipinski definition) is 1. The maximum Gasteiger partial charge on any atom is 0.224 e. The van der Waals surface area contributed by atoms with Gasteiger partial charge in [-0.2, -0.15) is 0 Å². The van der Waals surface area contributed by atoms with E-state index >= 15 is 0 Å². The van der Waals surface area contributed by atoms with Gasteiger partial charge in [-0.05, 0) is 63.5 Å². The minimum absolute atomic E-state index is 0.0287. The number of nitrogens with zero attached hydrogens (tertiary/aromatic N) is 2. The third-order valence-corrected chi connectivity index (χ3v) is 7.95. The lowest BCUT2D eigenvalue weighted by atomic mass is 9.97. The van der Waals surface area contributed by atoms with Crippen LogP contribution in [0.3, 0.4) is 0 Å². The lowest BCUT2D eigenvalue weighted by Gasteiger charge is -2.34. The van der Waals surface area contributed by atoms with Gasteiger partial charge in [-0.25, -0.2) is 12.7 Å². The van der Waals surface area contributed by atoms with Crippen molar-refractivity contribution >= 4 is 39.1 Å². The highest BCUT2D eigenvalue weighted by molar-refractivity contribution is 7.88. The number of sulfonamides is 1. The van der Waals surface area contributed by atoms with Crippen LogP contribution in [0.4, 0.5) is 0 Å². The topological polar surface area (TPSA) is 69.7 Å². The van der Waals surface area contributed by atoms with Gasteiger partial charge in [0.1, 0.15) is 0 Å². The van der Waals surface area contributed by atoms with Crippen molar-refractivity contribution in [3.8, 4) is 0 Å². The van der Waals surface area contributed by atoms with Crippen LogP contribution < -0.4 is 5.32 Å². The zero-order valence-electron chi connectivity index (χ0n) is 16.0. The zero-order chi connectivity index (χ0) is 20.3. The smallest absolute Gasteiger partial charge is 0.224 e. The van der Waals surface area contributed by atoms with Crippen molar-refractivity contribution in [3.63, 3.8) is 0 Å². The van der Waals surface area contributed by atoms with E-state index < -0.39 is 10.0 Å². The zero-order valence-corrected chi connectivity index (χ0v) is 18.4. The Kier molecular flexibility index (Phi) is 7.26. The van der Waals surface area contributed by atoms with Gasteiger partial charge in [0.2, 0.25) is 15.9 Å². The van der Waals surface area contributed by atoms with E-state index in [2.05, 4.69) is 17.3 Å². The number of hydrogen-bond acceptors (Lipinski definition) is 4. The maximum absolute atomic E-state index is 12.9. The lowest BCUT2D eigenvalue weighted by molar-refractivity contribution is -0.127. The number of piperidine rings is 2. The summed E-state index contributed by atoms with van der Waals surface area (Å²) >= 11 is 12.0. The average molecular weight is 448 g/mol. The highest BCUT2D eigenvalue weighted by Gasteiger charge is 2.33. The van der Waals surface area contributed by atoms with Crippen molar-refractivity contribution in [2.75, 3.05) is 33.2 Å². The molecule has 0 aliphatic carbocycles. The molecular formula is C19H27Cl2N3O3S. The van der Waals surface area contributed by atoms with Crippen molar-refractivity contribution in [3.05, 3.63) is 33.8 Å². The number of likely N-dealkylation sites (tertiary alicyclic amines) is 1. The second-order valence-corrected chi connectivity index (χ2v) is 10.6. The van der Waals surface area contributed by atoms with Gasteiger partial charge < -0.3 is 10.2 Å². The molecule has 156 valence electrons. The molecule has 9 heteroatoms. The van der Waals surface area contributed by atoms with E-state index in [0.717, 1.165) is 25.9 Å². The molecular weight excluding hydrogens is 421 g/mol. The van der Waals surface area contributed by atoms with Crippen LogP contribution in [0, 0.1) is 5.92 Å². The summed E-state index contributed by atoms with van der Waals surface area (Å²) in [6.07, 6.45) is 3.27. The average Bonchev–Trinajstić information content (AvgIpc) is 2.66. The van der Waals surface area contributed by atoms with Crippen LogP contribution in [0.2, 0.25) is 10.0 Å². The largest absolute Gasteiger partial charge is 0.353 e. The number of benzene rings is 1. The molecule has 6 nitrogen and oxygen atoms in total. The summed E-state index contributed by atoms with van der Waals surface area (Å²) in [6, 6.07) is 4.99. The first-order valence-corrected chi connectivity index (χ1v) is 12.0. The Morgan fingerprint density at radius 3 is 2.57 bits per heavy atom. The van der Waals surface area contributed by atoms with Crippen LogP contribution in [-0.2, 0) is 20.6 Å².